The Bertz CT molecular complexity index is 627. The summed E-state index contributed by atoms with van der Waals surface area (Å²) < 4.78 is 38.4. The highest BCUT2D eigenvalue weighted by Crippen LogP contribution is 2.35. The molecule has 20 heavy (non-hydrogen) atoms. The fourth-order valence-corrected chi connectivity index (χ4v) is 2.22. The first-order valence-corrected chi connectivity index (χ1v) is 6.35. The molecule has 0 saturated carbocycles. The van der Waals surface area contributed by atoms with Crippen LogP contribution >= 0.6 is 11.8 Å². The zero-order chi connectivity index (χ0) is 14.8. The van der Waals surface area contributed by atoms with Crippen LogP contribution in [0.2, 0.25) is 0 Å². The lowest BCUT2D eigenvalue weighted by molar-refractivity contribution is -0.138. The van der Waals surface area contributed by atoms with Crippen LogP contribution in [-0.2, 0) is 6.18 Å². The number of aryl methyl sites for hydroxylation is 1. The molecule has 0 aliphatic heterocycles. The van der Waals surface area contributed by atoms with Crippen molar-refractivity contribution in [2.24, 2.45) is 0 Å². The molecule has 3 nitrogen and oxygen atoms in total. The molecule has 0 aliphatic carbocycles. The second-order valence-electron chi connectivity index (χ2n) is 4.01. The summed E-state index contributed by atoms with van der Waals surface area (Å²) >= 11 is 1.01. The second kappa shape index (κ2) is 5.62. The van der Waals surface area contributed by atoms with Crippen molar-refractivity contribution in [3.8, 4) is 0 Å². The summed E-state index contributed by atoms with van der Waals surface area (Å²) in [5.74, 6) is 0. The van der Waals surface area contributed by atoms with Crippen LogP contribution in [0.3, 0.4) is 0 Å². The third-order valence-electron chi connectivity index (χ3n) is 2.42. The molecule has 0 aliphatic rings. The minimum Gasteiger partial charge on any atom is -0.298 e. The van der Waals surface area contributed by atoms with Gasteiger partial charge in [0, 0.05) is 22.9 Å². The van der Waals surface area contributed by atoms with E-state index in [1.807, 2.05) is 6.92 Å². The van der Waals surface area contributed by atoms with Gasteiger partial charge in [-0.2, -0.15) is 13.2 Å². The second-order valence-corrected chi connectivity index (χ2v) is 5.05. The molecule has 2 rings (SSSR count). The van der Waals surface area contributed by atoms with Gasteiger partial charge in [0.15, 0.2) is 11.4 Å². The molecule has 104 valence electrons. The van der Waals surface area contributed by atoms with Gasteiger partial charge >= 0.3 is 6.18 Å². The zero-order valence-electron chi connectivity index (χ0n) is 10.3. The minimum atomic E-state index is -4.57. The molecular formula is C13H9F3N2OS. The summed E-state index contributed by atoms with van der Waals surface area (Å²) in [6, 6.07) is 3.51. The van der Waals surface area contributed by atoms with Crippen molar-refractivity contribution in [3.05, 3.63) is 47.3 Å². The average molecular weight is 298 g/mol. The summed E-state index contributed by atoms with van der Waals surface area (Å²) in [7, 11) is 0. The highest BCUT2D eigenvalue weighted by Gasteiger charge is 2.33. The third kappa shape index (κ3) is 3.36. The van der Waals surface area contributed by atoms with Gasteiger partial charge in [0.2, 0.25) is 0 Å². The third-order valence-corrected chi connectivity index (χ3v) is 3.31. The summed E-state index contributed by atoms with van der Waals surface area (Å²) in [6.45, 7) is 1.81. The number of halogens is 3. The molecule has 0 saturated heterocycles. The first kappa shape index (κ1) is 14.5. The molecule has 7 heteroatoms. The van der Waals surface area contributed by atoms with E-state index < -0.39 is 11.7 Å². The quantitative estimate of drug-likeness (QED) is 0.639. The highest BCUT2D eigenvalue weighted by molar-refractivity contribution is 7.99. The van der Waals surface area contributed by atoms with Crippen LogP contribution in [0.1, 0.15) is 21.5 Å². The molecule has 0 spiro atoms. The molecule has 0 N–H and O–H groups in total. The fraction of sp³-hybridized carbons (Fsp3) is 0.154. The Morgan fingerprint density at radius 2 is 1.85 bits per heavy atom. The maximum absolute atomic E-state index is 12.8. The Hall–Kier alpha value is -1.89. The number of benzene rings is 1. The van der Waals surface area contributed by atoms with Gasteiger partial charge in [-0.25, -0.2) is 9.97 Å². The van der Waals surface area contributed by atoms with Gasteiger partial charge in [-0.1, -0.05) is 0 Å². The van der Waals surface area contributed by atoms with Crippen LogP contribution in [0.4, 0.5) is 13.2 Å². The normalized spacial score (nSPS) is 11.4. The lowest BCUT2D eigenvalue weighted by Gasteiger charge is -2.10. The topological polar surface area (TPSA) is 42.9 Å². The fourth-order valence-electron chi connectivity index (χ4n) is 1.49. The molecule has 1 aromatic heterocycles. The van der Waals surface area contributed by atoms with Crippen LogP contribution < -0.4 is 0 Å². The monoisotopic (exact) mass is 298 g/mol. The van der Waals surface area contributed by atoms with E-state index in [2.05, 4.69) is 9.97 Å². The van der Waals surface area contributed by atoms with E-state index >= 15 is 0 Å². The van der Waals surface area contributed by atoms with E-state index in [-0.39, 0.29) is 11.8 Å². The Morgan fingerprint density at radius 1 is 1.20 bits per heavy atom. The Morgan fingerprint density at radius 3 is 2.40 bits per heavy atom. The number of nitrogens with zero attached hydrogens (tertiary/aromatic N) is 2. The molecule has 0 amide bonds. The van der Waals surface area contributed by atoms with Crippen LogP contribution in [-0.4, -0.2) is 16.3 Å². The Kier molecular flexibility index (Phi) is 4.08. The van der Waals surface area contributed by atoms with Crippen molar-refractivity contribution in [2.45, 2.75) is 23.2 Å². The van der Waals surface area contributed by atoms with Gasteiger partial charge in [-0.15, -0.1) is 0 Å². The largest absolute Gasteiger partial charge is 0.417 e. The van der Waals surface area contributed by atoms with E-state index in [1.54, 1.807) is 12.4 Å². The van der Waals surface area contributed by atoms with E-state index in [9.17, 15) is 18.0 Å². The maximum atomic E-state index is 12.8. The molecule has 1 aromatic carbocycles. The Labute approximate surface area is 117 Å². The number of rotatable bonds is 3. The van der Waals surface area contributed by atoms with E-state index in [1.165, 1.54) is 6.07 Å². The van der Waals surface area contributed by atoms with Gasteiger partial charge in [-0.05, 0) is 42.4 Å². The smallest absolute Gasteiger partial charge is 0.298 e. The van der Waals surface area contributed by atoms with E-state index in [0.29, 0.717) is 10.1 Å². The summed E-state index contributed by atoms with van der Waals surface area (Å²) in [5, 5.41) is 0.350. The van der Waals surface area contributed by atoms with Gasteiger partial charge in [0.1, 0.15) is 0 Å². The standard InChI is InChI=1S/C13H9F3N2OS/c1-8-5-17-12(18-6-8)20-10-3-2-9(7-19)11(4-10)13(14,15)16/h2-7H,1H3. The molecule has 2 aromatic rings. The first-order chi connectivity index (χ1) is 9.40. The molecule has 0 bridgehead atoms. The SMILES string of the molecule is Cc1cnc(Sc2ccc(C=O)c(C(F)(F)F)c2)nc1. The number of carbonyl (C=O) groups is 1. The first-order valence-electron chi connectivity index (χ1n) is 5.53. The number of hydrogen-bond acceptors (Lipinski definition) is 4. The van der Waals surface area contributed by atoms with Crippen LogP contribution in [0.5, 0.6) is 0 Å². The van der Waals surface area contributed by atoms with Gasteiger partial charge in [0.05, 0.1) is 5.56 Å². The lowest BCUT2D eigenvalue weighted by atomic mass is 10.1. The molecule has 0 radical (unpaired) electrons. The van der Waals surface area contributed by atoms with Crippen LogP contribution in [0, 0.1) is 6.92 Å². The summed E-state index contributed by atoms with van der Waals surface area (Å²) in [6.07, 6.45) is -1.21. The van der Waals surface area contributed by atoms with Crippen molar-refractivity contribution in [1.82, 2.24) is 9.97 Å². The number of hydrogen-bond donors (Lipinski definition) is 0. The lowest BCUT2D eigenvalue weighted by Crippen LogP contribution is -2.08. The number of alkyl halides is 3. The van der Waals surface area contributed by atoms with Crippen molar-refractivity contribution >= 4 is 18.0 Å². The molecule has 1 heterocycles. The van der Waals surface area contributed by atoms with E-state index in [0.717, 1.165) is 29.5 Å². The van der Waals surface area contributed by atoms with Crippen molar-refractivity contribution in [2.75, 3.05) is 0 Å². The molecular weight excluding hydrogens is 289 g/mol. The van der Waals surface area contributed by atoms with Crippen molar-refractivity contribution < 1.29 is 18.0 Å². The maximum Gasteiger partial charge on any atom is 0.417 e. The number of carbonyl (C=O) groups excluding carboxylic acids is 1. The number of aromatic nitrogens is 2. The van der Waals surface area contributed by atoms with Gasteiger partial charge in [0.25, 0.3) is 0 Å². The average Bonchev–Trinajstić information content (AvgIpc) is 2.40. The minimum absolute atomic E-state index is 0.194. The van der Waals surface area contributed by atoms with Crippen molar-refractivity contribution in [1.29, 1.82) is 0 Å². The number of aldehydes is 1. The van der Waals surface area contributed by atoms with Crippen molar-refractivity contribution in [3.63, 3.8) is 0 Å². The van der Waals surface area contributed by atoms with Gasteiger partial charge < -0.3 is 0 Å². The van der Waals surface area contributed by atoms with Crippen LogP contribution in [0.25, 0.3) is 0 Å². The molecule has 0 unspecified atom stereocenters. The Balaban J connectivity index is 2.34. The molecule has 0 fully saturated rings. The summed E-state index contributed by atoms with van der Waals surface area (Å²) in [5.41, 5.74) is -0.474. The highest BCUT2D eigenvalue weighted by atomic mass is 32.2. The van der Waals surface area contributed by atoms with E-state index in [4.69, 9.17) is 0 Å². The zero-order valence-corrected chi connectivity index (χ0v) is 11.1. The predicted octanol–water partition coefficient (Wildman–Crippen LogP) is 3.77. The molecule has 0 atom stereocenters. The summed E-state index contributed by atoms with van der Waals surface area (Å²) in [4.78, 5) is 19.0. The predicted molar refractivity (Wildman–Crippen MR) is 67.7 cm³/mol. The van der Waals surface area contributed by atoms with Gasteiger partial charge in [-0.3, -0.25) is 4.79 Å². The van der Waals surface area contributed by atoms with Crippen LogP contribution in [0.15, 0.2) is 40.6 Å².